The molecule has 71 heavy (non-hydrogen) atoms. The summed E-state index contributed by atoms with van der Waals surface area (Å²) in [6.07, 6.45) is 0.00689. The largest absolute Gasteiger partial charge is 0.646 e. The highest BCUT2D eigenvalue weighted by atomic mass is 29.3. The predicted octanol–water partition coefficient (Wildman–Crippen LogP) is 0.386. The van der Waals surface area contributed by atoms with Crippen LogP contribution in [0.3, 0.4) is 0 Å². The molecule has 6 rings (SSSR count). The molecule has 0 N–H and O–H groups in total. The van der Waals surface area contributed by atoms with E-state index in [1.165, 1.54) is 0 Å². The van der Waals surface area contributed by atoms with Gasteiger partial charge in [-0.1, -0.05) is 20.8 Å². The van der Waals surface area contributed by atoms with Crippen molar-refractivity contribution < 1.29 is 99.1 Å². The Morgan fingerprint density at radius 1 is 0.662 bits per heavy atom. The molecule has 46 heteroatoms. The fraction of sp³-hybridized carbons (Fsp3) is 1.00. The van der Waals surface area contributed by atoms with Crippen molar-refractivity contribution in [3.63, 3.8) is 0 Å². The minimum Gasteiger partial charge on any atom is -0.442 e. The van der Waals surface area contributed by atoms with Gasteiger partial charge in [0, 0.05) is 30.3 Å². The molecule has 0 aromatic heterocycles. The van der Waals surface area contributed by atoms with Crippen LogP contribution in [0.15, 0.2) is 0 Å². The minimum absolute atomic E-state index is 0.00689. The van der Waals surface area contributed by atoms with E-state index in [1.807, 2.05) is 72.0 Å². The summed E-state index contributed by atoms with van der Waals surface area (Å²) < 4.78 is 169. The van der Waals surface area contributed by atoms with Crippen molar-refractivity contribution in [3.8, 4) is 0 Å². The van der Waals surface area contributed by atoms with Gasteiger partial charge in [0.05, 0.1) is 0 Å². The first-order valence-electron chi connectivity index (χ1n) is 24.2. The number of hydrogen-bond donors (Lipinski definition) is 0. The van der Waals surface area contributed by atoms with Crippen molar-refractivity contribution in [2.45, 2.75) is 156 Å². The Bertz CT molecular complexity index is 1790. The molecule has 0 aromatic rings. The smallest absolute Gasteiger partial charge is 0.442 e. The van der Waals surface area contributed by atoms with Gasteiger partial charge in [0.25, 0.3) is 18.6 Å². The number of fused-ring (bicyclic) bond motifs is 5. The first kappa shape index (κ1) is 64.0. The predicted molar refractivity (Wildman–Crippen MR) is 309 cm³/mol. The molecule has 0 amide bonds. The Kier molecular flexibility index (Phi) is 21.9. The molecule has 3 radical (unpaired) electrons. The van der Waals surface area contributed by atoms with Crippen LogP contribution >= 0.6 is 0 Å². The van der Waals surface area contributed by atoms with Crippen LogP contribution in [0, 0.1) is 0 Å². The highest BCUT2D eigenvalue weighted by Crippen LogP contribution is 2.44. The standard InChI is InChI=1S/C25H81O24Si22/c1-25(2,3)58-37-64(16,17)35-53(8)26-23-69-27-50-24-70(41-59(30-55(10)34-63(13,14)15)32-60(40-69)39-65(18,19)45-69)47-68(22)44-62(70)43-66(20,33-52(6)7)46-67(21)36-56(11)31-61(42-71(38-58,48-67)49-68)57(12)29-54(9)28-51(4)5/h51-60,62H,23-24H2,1-22H3. The van der Waals surface area contributed by atoms with Gasteiger partial charge in [-0.05, 0) is 105 Å². The third-order valence-electron chi connectivity index (χ3n) is 10.1. The van der Waals surface area contributed by atoms with Gasteiger partial charge in [-0.25, -0.2) is 0 Å². The maximum absolute atomic E-state index is 7.54. The maximum Gasteiger partial charge on any atom is 0.646 e. The van der Waals surface area contributed by atoms with Crippen LogP contribution in [0.25, 0.3) is 0 Å². The average molecular weight is 1380 g/mol. The lowest BCUT2D eigenvalue weighted by Crippen LogP contribution is -2.74. The van der Waals surface area contributed by atoms with Gasteiger partial charge >= 0.3 is 134 Å². The SMILES string of the molecule is C[SiH](C)O[SiH](C)O[SiH](C)[Si]1O[SiH](C)O[Si]2(C)O[Si](C)(O[SiH](C)C)O[SiH]3O[Si]4(C)O[Si](O1)(O[SiH](C(C)(C)C)O[Si](C)(C)O[SiH](C)OC[Si]15O[Si]C[Si]3(O[SiH](O[SiH](C)O[Si](C)(C)C)O[SiH](O[Si](C)(C)O1)O5)O4)O2. The second-order valence-corrected chi connectivity index (χ2v) is 87.2. The van der Waals surface area contributed by atoms with Crippen molar-refractivity contribution in [2.75, 3.05) is 6.23 Å². The lowest BCUT2D eigenvalue weighted by molar-refractivity contribution is 0.0557. The third kappa shape index (κ3) is 18.4. The molecule has 6 saturated heterocycles. The molecule has 6 heterocycles. The van der Waals surface area contributed by atoms with Gasteiger partial charge in [-0.3, -0.25) is 0 Å². The van der Waals surface area contributed by atoms with Gasteiger partial charge in [0.1, 0.15) is 6.23 Å². The van der Waals surface area contributed by atoms with Crippen LogP contribution < -0.4 is 0 Å². The highest BCUT2D eigenvalue weighted by Gasteiger charge is 2.75. The quantitative estimate of drug-likeness (QED) is 0.255. The van der Waals surface area contributed by atoms with Crippen LogP contribution in [-0.4, -0.2) is 203 Å². The van der Waals surface area contributed by atoms with Gasteiger partial charge in [-0.15, -0.1) is 0 Å². The van der Waals surface area contributed by atoms with E-state index in [0.29, 0.717) is 0 Å². The van der Waals surface area contributed by atoms with Crippen LogP contribution in [0.2, 0.25) is 135 Å². The summed E-state index contributed by atoms with van der Waals surface area (Å²) >= 11 is 0. The van der Waals surface area contributed by atoms with E-state index in [4.69, 9.17) is 99.1 Å². The van der Waals surface area contributed by atoms with Crippen LogP contribution in [0.5, 0.6) is 0 Å². The third-order valence-corrected chi connectivity index (χ3v) is 94.1. The summed E-state index contributed by atoms with van der Waals surface area (Å²) in [5, 5.41) is -0.599. The van der Waals surface area contributed by atoms with E-state index < -0.39 is 193 Å². The molecule has 6 aliphatic rings. The number of hydrogen-bond acceptors (Lipinski definition) is 24. The normalized spacial score (nSPS) is 42.4. The minimum atomic E-state index is -4.77. The molecule has 413 valence electrons. The Morgan fingerprint density at radius 3 is 1.94 bits per heavy atom. The van der Waals surface area contributed by atoms with Crippen molar-refractivity contribution in [1.29, 1.82) is 0 Å². The van der Waals surface area contributed by atoms with Crippen molar-refractivity contribution >= 4 is 197 Å². The molecule has 7 bridgehead atoms. The van der Waals surface area contributed by atoms with E-state index >= 15 is 0 Å². The van der Waals surface area contributed by atoms with Crippen molar-refractivity contribution in [2.24, 2.45) is 0 Å². The molecule has 6 fully saturated rings. The van der Waals surface area contributed by atoms with E-state index in [2.05, 4.69) is 73.1 Å². The van der Waals surface area contributed by atoms with Crippen molar-refractivity contribution in [1.82, 2.24) is 0 Å². The van der Waals surface area contributed by atoms with Gasteiger partial charge in [0.2, 0.25) is 18.3 Å². The van der Waals surface area contributed by atoms with Crippen LogP contribution in [0.1, 0.15) is 20.8 Å². The zero-order valence-electron chi connectivity index (χ0n) is 45.6. The van der Waals surface area contributed by atoms with E-state index in [1.54, 1.807) is 0 Å². The van der Waals surface area contributed by atoms with Crippen LogP contribution in [0.4, 0.5) is 0 Å². The number of rotatable bonds is 11. The summed E-state index contributed by atoms with van der Waals surface area (Å²) in [4.78, 5) is 0. The van der Waals surface area contributed by atoms with Gasteiger partial charge in [0.15, 0.2) is 26.4 Å². The zero-order chi connectivity index (χ0) is 53.0. The Morgan fingerprint density at radius 2 is 1.32 bits per heavy atom. The Hall–Kier alpha value is 3.81. The first-order valence-corrected chi connectivity index (χ1v) is 72.4. The van der Waals surface area contributed by atoms with Crippen LogP contribution in [-0.2, 0) is 99.1 Å². The molecule has 15 unspecified atom stereocenters. The van der Waals surface area contributed by atoms with Crippen molar-refractivity contribution in [3.05, 3.63) is 0 Å². The average Bonchev–Trinajstić information content (AvgIpc) is 3.36. The molecular formula is C25H81O24Si22. The lowest BCUT2D eigenvalue weighted by Gasteiger charge is -2.48. The zero-order valence-corrected chi connectivity index (χ0v) is 69.3. The van der Waals surface area contributed by atoms with Gasteiger partial charge in [-0.2, -0.15) is 0 Å². The fourth-order valence-corrected chi connectivity index (χ4v) is 112. The molecule has 0 saturated carbocycles. The molecular weight excluding hydrogens is 1300 g/mol. The molecule has 0 aromatic carbocycles. The molecule has 3 spiro atoms. The maximum atomic E-state index is 7.54. The molecule has 0 aliphatic carbocycles. The monoisotopic (exact) mass is 1380 g/mol. The second-order valence-electron chi connectivity index (χ2n) is 21.7. The lowest BCUT2D eigenvalue weighted by atomic mass is 10.3. The van der Waals surface area contributed by atoms with E-state index in [-0.39, 0.29) is 21.7 Å². The molecule has 15 atom stereocenters. The summed E-state index contributed by atoms with van der Waals surface area (Å²) in [6, 6.07) is 0. The topological polar surface area (TPSA) is 222 Å². The summed E-state index contributed by atoms with van der Waals surface area (Å²) in [7, 11) is -63.7. The fourth-order valence-electron chi connectivity index (χ4n) is 8.07. The summed E-state index contributed by atoms with van der Waals surface area (Å²) in [5.41, 5.74) is 0.201. The summed E-state index contributed by atoms with van der Waals surface area (Å²) in [5.74, 6) is 0. The second kappa shape index (κ2) is 24.3. The van der Waals surface area contributed by atoms with E-state index in [9.17, 15) is 0 Å². The molecule has 6 aliphatic heterocycles. The highest BCUT2D eigenvalue weighted by molar-refractivity contribution is 7.31. The van der Waals surface area contributed by atoms with Gasteiger partial charge < -0.3 is 99.1 Å². The summed E-state index contributed by atoms with van der Waals surface area (Å²) in [6.45, 7) is 44.3. The Labute approximate surface area is 454 Å². The first-order chi connectivity index (χ1) is 32.3. The van der Waals surface area contributed by atoms with E-state index in [0.717, 1.165) is 0 Å². The Balaban J connectivity index is 1.61. The molecule has 24 nitrogen and oxygen atoms in total.